The van der Waals surface area contributed by atoms with Crippen molar-refractivity contribution < 1.29 is 9.32 Å². The van der Waals surface area contributed by atoms with Crippen LogP contribution in [0.4, 0.5) is 0 Å². The van der Waals surface area contributed by atoms with Crippen LogP contribution in [-0.2, 0) is 11.2 Å². The van der Waals surface area contributed by atoms with E-state index in [0.29, 0.717) is 31.2 Å². The summed E-state index contributed by atoms with van der Waals surface area (Å²) in [5, 5.41) is 4.04. The third-order valence-corrected chi connectivity index (χ3v) is 4.41. The minimum absolute atomic E-state index is 0.0000937. The van der Waals surface area contributed by atoms with E-state index in [9.17, 15) is 4.79 Å². The van der Waals surface area contributed by atoms with Gasteiger partial charge >= 0.3 is 0 Å². The van der Waals surface area contributed by atoms with Crippen molar-refractivity contribution in [2.24, 2.45) is 0 Å². The highest BCUT2D eigenvalue weighted by molar-refractivity contribution is 5.91. The molecule has 0 saturated heterocycles. The van der Waals surface area contributed by atoms with E-state index in [4.69, 9.17) is 4.52 Å². The Bertz CT molecular complexity index is 888. The Morgan fingerprint density at radius 3 is 2.46 bits per heavy atom. The molecule has 0 atom stereocenters. The van der Waals surface area contributed by atoms with Crippen LogP contribution in [0.25, 0.3) is 17.5 Å². The molecule has 0 radical (unpaired) electrons. The van der Waals surface area contributed by atoms with Gasteiger partial charge in [0.1, 0.15) is 0 Å². The first-order chi connectivity index (χ1) is 13.8. The molecule has 0 fully saturated rings. The Labute approximate surface area is 165 Å². The number of benzene rings is 2. The number of nitrogens with zero attached hydrogens (tertiary/aromatic N) is 3. The van der Waals surface area contributed by atoms with Gasteiger partial charge in [-0.05, 0) is 18.1 Å². The second-order valence-corrected chi connectivity index (χ2v) is 6.55. The van der Waals surface area contributed by atoms with Gasteiger partial charge < -0.3 is 9.42 Å². The fourth-order valence-corrected chi connectivity index (χ4v) is 2.81. The van der Waals surface area contributed by atoms with Gasteiger partial charge in [-0.2, -0.15) is 4.98 Å². The number of rotatable bonds is 9. The lowest BCUT2D eigenvalue weighted by atomic mass is 10.2. The van der Waals surface area contributed by atoms with E-state index in [1.54, 1.807) is 6.08 Å². The number of carbonyl (C=O) groups excluding carboxylic acids is 1. The van der Waals surface area contributed by atoms with Gasteiger partial charge in [-0.1, -0.05) is 79.2 Å². The van der Waals surface area contributed by atoms with Crippen LogP contribution >= 0.6 is 0 Å². The summed E-state index contributed by atoms with van der Waals surface area (Å²) in [6, 6.07) is 19.5. The molecular formula is C23H25N3O2. The lowest BCUT2D eigenvalue weighted by Gasteiger charge is -2.20. The van der Waals surface area contributed by atoms with E-state index in [1.807, 2.05) is 71.6 Å². The van der Waals surface area contributed by atoms with E-state index in [0.717, 1.165) is 24.0 Å². The van der Waals surface area contributed by atoms with E-state index >= 15 is 0 Å². The number of unbranched alkanes of at least 4 members (excludes halogenated alkanes) is 1. The van der Waals surface area contributed by atoms with Gasteiger partial charge in [0.15, 0.2) is 0 Å². The van der Waals surface area contributed by atoms with Crippen molar-refractivity contribution in [2.75, 3.05) is 13.1 Å². The van der Waals surface area contributed by atoms with Crippen molar-refractivity contribution in [3.8, 4) is 11.4 Å². The first-order valence-electron chi connectivity index (χ1n) is 9.66. The Morgan fingerprint density at radius 1 is 1.04 bits per heavy atom. The minimum atomic E-state index is 0.0000937. The molecule has 1 amide bonds. The molecule has 3 rings (SSSR count). The maximum absolute atomic E-state index is 12.6. The van der Waals surface area contributed by atoms with Crippen molar-refractivity contribution in [2.45, 2.75) is 26.2 Å². The number of hydrogen-bond acceptors (Lipinski definition) is 4. The molecule has 3 aromatic rings. The van der Waals surface area contributed by atoms with Crippen LogP contribution in [0.1, 0.15) is 31.2 Å². The summed E-state index contributed by atoms with van der Waals surface area (Å²) >= 11 is 0. The molecule has 0 aliphatic heterocycles. The summed E-state index contributed by atoms with van der Waals surface area (Å²) in [4.78, 5) is 18.9. The van der Waals surface area contributed by atoms with E-state index < -0.39 is 0 Å². The van der Waals surface area contributed by atoms with E-state index in [-0.39, 0.29) is 5.91 Å². The van der Waals surface area contributed by atoms with Crippen LogP contribution in [0.2, 0.25) is 0 Å². The Balaban J connectivity index is 1.61. The molecule has 5 heteroatoms. The maximum atomic E-state index is 12.6. The normalized spacial score (nSPS) is 11.0. The summed E-state index contributed by atoms with van der Waals surface area (Å²) in [6.07, 6.45) is 6.01. The van der Waals surface area contributed by atoms with Crippen LogP contribution in [0, 0.1) is 0 Å². The number of hydrogen-bond donors (Lipinski definition) is 0. The number of carbonyl (C=O) groups is 1. The van der Waals surface area contributed by atoms with Crippen molar-refractivity contribution >= 4 is 12.0 Å². The SMILES string of the molecule is CCCCN(CCc1nc(-c2ccccc2)no1)C(=O)C=Cc1ccccc1. The lowest BCUT2D eigenvalue weighted by molar-refractivity contribution is -0.126. The second-order valence-electron chi connectivity index (χ2n) is 6.55. The van der Waals surface area contributed by atoms with Gasteiger partial charge in [-0.3, -0.25) is 4.79 Å². The largest absolute Gasteiger partial charge is 0.339 e. The average Bonchev–Trinajstić information content (AvgIpc) is 3.22. The Kier molecular flexibility index (Phi) is 7.13. The van der Waals surface area contributed by atoms with Crippen LogP contribution in [-0.4, -0.2) is 34.0 Å². The number of aromatic nitrogens is 2. The predicted octanol–water partition coefficient (Wildman–Crippen LogP) is 4.62. The highest BCUT2D eigenvalue weighted by Crippen LogP contribution is 2.15. The molecule has 0 saturated carbocycles. The van der Waals surface area contributed by atoms with Gasteiger partial charge in [0.25, 0.3) is 0 Å². The smallest absolute Gasteiger partial charge is 0.246 e. The van der Waals surface area contributed by atoms with Crippen LogP contribution in [0.3, 0.4) is 0 Å². The van der Waals surface area contributed by atoms with Crippen LogP contribution in [0.5, 0.6) is 0 Å². The zero-order valence-electron chi connectivity index (χ0n) is 16.1. The zero-order chi connectivity index (χ0) is 19.6. The monoisotopic (exact) mass is 375 g/mol. The lowest BCUT2D eigenvalue weighted by Crippen LogP contribution is -2.32. The molecule has 1 heterocycles. The molecule has 5 nitrogen and oxygen atoms in total. The topological polar surface area (TPSA) is 59.2 Å². The fraction of sp³-hybridized carbons (Fsp3) is 0.261. The minimum Gasteiger partial charge on any atom is -0.339 e. The molecule has 0 aliphatic rings. The molecule has 1 aromatic heterocycles. The highest BCUT2D eigenvalue weighted by atomic mass is 16.5. The first kappa shape index (κ1) is 19.5. The molecule has 0 bridgehead atoms. The van der Waals surface area contributed by atoms with Crippen LogP contribution < -0.4 is 0 Å². The predicted molar refractivity (Wildman–Crippen MR) is 110 cm³/mol. The molecule has 0 unspecified atom stereocenters. The van der Waals surface area contributed by atoms with Crippen LogP contribution in [0.15, 0.2) is 71.3 Å². The standard InChI is InChI=1S/C23H25N3O2/c1-2-3-17-26(22(27)15-14-19-10-6-4-7-11-19)18-16-21-24-23(25-28-21)20-12-8-5-9-13-20/h4-15H,2-3,16-18H2,1H3. The van der Waals surface area contributed by atoms with Crippen molar-refractivity contribution in [1.82, 2.24) is 15.0 Å². The molecule has 144 valence electrons. The summed E-state index contributed by atoms with van der Waals surface area (Å²) in [5.74, 6) is 1.12. The second kappa shape index (κ2) is 10.2. The molecule has 0 aliphatic carbocycles. The third-order valence-electron chi connectivity index (χ3n) is 4.41. The Hall–Kier alpha value is -3.21. The molecule has 0 N–H and O–H groups in total. The first-order valence-corrected chi connectivity index (χ1v) is 9.66. The highest BCUT2D eigenvalue weighted by Gasteiger charge is 2.14. The van der Waals surface area contributed by atoms with Gasteiger partial charge in [-0.15, -0.1) is 0 Å². The quantitative estimate of drug-likeness (QED) is 0.512. The van der Waals surface area contributed by atoms with Crippen molar-refractivity contribution in [1.29, 1.82) is 0 Å². The van der Waals surface area contributed by atoms with Gasteiger partial charge in [-0.25, -0.2) is 0 Å². The van der Waals surface area contributed by atoms with Crippen molar-refractivity contribution in [3.05, 3.63) is 78.2 Å². The molecule has 2 aromatic carbocycles. The molecule has 0 spiro atoms. The van der Waals surface area contributed by atoms with Gasteiger partial charge in [0, 0.05) is 31.1 Å². The van der Waals surface area contributed by atoms with E-state index in [2.05, 4.69) is 17.1 Å². The summed E-state index contributed by atoms with van der Waals surface area (Å²) < 4.78 is 5.37. The molecular weight excluding hydrogens is 350 g/mol. The van der Waals surface area contributed by atoms with E-state index in [1.165, 1.54) is 0 Å². The molecule has 28 heavy (non-hydrogen) atoms. The number of amides is 1. The summed E-state index contributed by atoms with van der Waals surface area (Å²) in [5.41, 5.74) is 1.93. The third kappa shape index (κ3) is 5.64. The maximum Gasteiger partial charge on any atom is 0.246 e. The van der Waals surface area contributed by atoms with Crippen molar-refractivity contribution in [3.63, 3.8) is 0 Å². The zero-order valence-corrected chi connectivity index (χ0v) is 16.1. The average molecular weight is 375 g/mol. The fourth-order valence-electron chi connectivity index (χ4n) is 2.81. The summed E-state index contributed by atoms with van der Waals surface area (Å²) in [6.45, 7) is 3.38. The Morgan fingerprint density at radius 2 is 1.75 bits per heavy atom. The van der Waals surface area contributed by atoms with Gasteiger partial charge in [0.2, 0.25) is 17.6 Å². The van der Waals surface area contributed by atoms with Gasteiger partial charge in [0.05, 0.1) is 0 Å². The summed E-state index contributed by atoms with van der Waals surface area (Å²) in [7, 11) is 0.